The molecule has 5 rings (SSSR count). The van der Waals surface area contributed by atoms with Crippen LogP contribution in [0.5, 0.6) is 11.5 Å². The maximum Gasteiger partial charge on any atom is 0.325 e. The Morgan fingerprint density at radius 3 is 2.76 bits per heavy atom. The molecule has 0 bridgehead atoms. The molecule has 3 aromatic rings. The van der Waals surface area contributed by atoms with Crippen LogP contribution >= 0.6 is 11.3 Å². The maximum absolute atomic E-state index is 13.2. The minimum atomic E-state index is -1.17. The van der Waals surface area contributed by atoms with Gasteiger partial charge in [-0.3, -0.25) is 9.69 Å². The molecule has 29 heavy (non-hydrogen) atoms. The van der Waals surface area contributed by atoms with Crippen molar-refractivity contribution in [3.63, 3.8) is 0 Å². The van der Waals surface area contributed by atoms with Crippen molar-refractivity contribution in [2.45, 2.75) is 25.4 Å². The third-order valence-corrected chi connectivity index (χ3v) is 6.25. The molecule has 2 aromatic carbocycles. The van der Waals surface area contributed by atoms with Crippen molar-refractivity contribution in [1.29, 1.82) is 0 Å². The highest BCUT2D eigenvalue weighted by atomic mass is 32.1. The van der Waals surface area contributed by atoms with Crippen molar-refractivity contribution in [2.75, 3.05) is 13.2 Å². The van der Waals surface area contributed by atoms with Gasteiger partial charge in [0.1, 0.15) is 10.5 Å². The van der Waals surface area contributed by atoms with Gasteiger partial charge in [-0.25, -0.2) is 9.78 Å². The van der Waals surface area contributed by atoms with Crippen LogP contribution in [0.25, 0.3) is 10.2 Å². The molecular weight excluding hydrogens is 390 g/mol. The second kappa shape index (κ2) is 6.73. The summed E-state index contributed by atoms with van der Waals surface area (Å²) in [4.78, 5) is 31.7. The molecule has 1 N–H and O–H groups in total. The number of amides is 3. The van der Waals surface area contributed by atoms with Gasteiger partial charge in [0, 0.05) is 6.42 Å². The number of hydrogen-bond acceptors (Lipinski definition) is 6. The zero-order valence-electron chi connectivity index (χ0n) is 15.8. The van der Waals surface area contributed by atoms with Crippen LogP contribution in [-0.2, 0) is 16.9 Å². The molecular formula is C21H19N3O4S. The van der Waals surface area contributed by atoms with E-state index in [9.17, 15) is 9.59 Å². The van der Waals surface area contributed by atoms with E-state index in [2.05, 4.69) is 10.3 Å². The third-order valence-electron chi connectivity index (χ3n) is 5.23. The minimum Gasteiger partial charge on any atom is -0.490 e. The largest absolute Gasteiger partial charge is 0.490 e. The number of carbonyl (C=O) groups excluding carboxylic acids is 2. The van der Waals surface area contributed by atoms with Crippen LogP contribution in [0.4, 0.5) is 4.79 Å². The zero-order valence-corrected chi connectivity index (χ0v) is 16.6. The number of ether oxygens (including phenoxy) is 2. The average Bonchev–Trinajstić information content (AvgIpc) is 3.10. The monoisotopic (exact) mass is 409 g/mol. The summed E-state index contributed by atoms with van der Waals surface area (Å²) in [6, 6.07) is 12.7. The number of rotatable bonds is 3. The van der Waals surface area contributed by atoms with Crippen molar-refractivity contribution in [2.24, 2.45) is 0 Å². The first-order chi connectivity index (χ1) is 14.0. The van der Waals surface area contributed by atoms with Gasteiger partial charge in [0.05, 0.1) is 30.0 Å². The first kappa shape index (κ1) is 17.9. The SMILES string of the molecule is CC1(c2ccc3c(c2)OCCCO3)NC(=O)N(Cc2nc3ccccc3s2)C1=O. The van der Waals surface area contributed by atoms with Crippen LogP contribution in [0.3, 0.4) is 0 Å². The molecule has 1 aromatic heterocycles. The molecule has 0 radical (unpaired) electrons. The minimum absolute atomic E-state index is 0.143. The number of aromatic nitrogens is 1. The number of fused-ring (bicyclic) bond motifs is 2. The van der Waals surface area contributed by atoms with Gasteiger partial charge in [0.15, 0.2) is 11.5 Å². The molecule has 3 heterocycles. The fourth-order valence-corrected chi connectivity index (χ4v) is 4.59. The van der Waals surface area contributed by atoms with Crippen LogP contribution in [0.1, 0.15) is 23.9 Å². The van der Waals surface area contributed by atoms with Crippen molar-refractivity contribution < 1.29 is 19.1 Å². The number of nitrogens with one attached hydrogen (secondary N) is 1. The lowest BCUT2D eigenvalue weighted by Gasteiger charge is -2.23. The van der Waals surface area contributed by atoms with Gasteiger partial charge < -0.3 is 14.8 Å². The highest BCUT2D eigenvalue weighted by Crippen LogP contribution is 2.37. The van der Waals surface area contributed by atoms with Crippen molar-refractivity contribution in [1.82, 2.24) is 15.2 Å². The molecule has 0 spiro atoms. The summed E-state index contributed by atoms with van der Waals surface area (Å²) in [7, 11) is 0. The second-order valence-corrected chi connectivity index (χ2v) is 8.35. The molecule has 2 aliphatic heterocycles. The molecule has 3 amide bonds. The summed E-state index contributed by atoms with van der Waals surface area (Å²) < 4.78 is 12.4. The number of hydrogen-bond donors (Lipinski definition) is 1. The van der Waals surface area contributed by atoms with E-state index in [1.54, 1.807) is 25.1 Å². The summed E-state index contributed by atoms with van der Waals surface area (Å²) >= 11 is 1.48. The molecule has 1 fully saturated rings. The first-order valence-electron chi connectivity index (χ1n) is 9.43. The van der Waals surface area contributed by atoms with Gasteiger partial charge in [-0.05, 0) is 36.8 Å². The predicted molar refractivity (Wildman–Crippen MR) is 108 cm³/mol. The highest BCUT2D eigenvalue weighted by Gasteiger charge is 2.49. The van der Waals surface area contributed by atoms with E-state index in [-0.39, 0.29) is 12.5 Å². The van der Waals surface area contributed by atoms with E-state index in [0.717, 1.165) is 21.6 Å². The highest BCUT2D eigenvalue weighted by molar-refractivity contribution is 7.18. The summed E-state index contributed by atoms with van der Waals surface area (Å²) in [6.07, 6.45) is 0.799. The van der Waals surface area contributed by atoms with E-state index in [4.69, 9.17) is 9.47 Å². The lowest BCUT2D eigenvalue weighted by Crippen LogP contribution is -2.40. The molecule has 1 saturated heterocycles. The third kappa shape index (κ3) is 3.00. The number of carbonyl (C=O) groups is 2. The van der Waals surface area contributed by atoms with E-state index in [0.29, 0.717) is 30.3 Å². The van der Waals surface area contributed by atoms with Crippen LogP contribution in [-0.4, -0.2) is 35.0 Å². The van der Waals surface area contributed by atoms with Crippen LogP contribution in [0.15, 0.2) is 42.5 Å². The van der Waals surface area contributed by atoms with Gasteiger partial charge >= 0.3 is 6.03 Å². The maximum atomic E-state index is 13.2. The number of benzene rings is 2. The first-order valence-corrected chi connectivity index (χ1v) is 10.2. The summed E-state index contributed by atoms with van der Waals surface area (Å²) in [5, 5.41) is 3.56. The molecule has 8 heteroatoms. The number of urea groups is 1. The average molecular weight is 409 g/mol. The van der Waals surface area contributed by atoms with Crippen LogP contribution in [0.2, 0.25) is 0 Å². The number of imide groups is 1. The van der Waals surface area contributed by atoms with E-state index in [1.165, 1.54) is 16.2 Å². The van der Waals surface area contributed by atoms with Gasteiger partial charge in [-0.15, -0.1) is 11.3 Å². The summed E-state index contributed by atoms with van der Waals surface area (Å²) in [5.41, 5.74) is 0.357. The topological polar surface area (TPSA) is 80.8 Å². The molecule has 0 saturated carbocycles. The molecule has 2 aliphatic rings. The summed E-state index contributed by atoms with van der Waals surface area (Å²) in [6.45, 7) is 3.00. The number of nitrogens with zero attached hydrogens (tertiary/aromatic N) is 2. The zero-order chi connectivity index (χ0) is 20.0. The molecule has 0 aliphatic carbocycles. The standard InChI is InChI=1S/C21H19N3O4S/c1-21(13-7-8-15-16(11-13)28-10-4-9-27-15)19(25)24(20(26)23-21)12-18-22-14-5-2-3-6-17(14)29-18/h2-3,5-8,11H,4,9-10,12H2,1H3,(H,23,26). The van der Waals surface area contributed by atoms with Crippen molar-refractivity contribution >= 4 is 33.5 Å². The lowest BCUT2D eigenvalue weighted by atomic mass is 9.91. The van der Waals surface area contributed by atoms with Crippen molar-refractivity contribution in [3.05, 3.63) is 53.0 Å². The Kier molecular flexibility index (Phi) is 4.16. The van der Waals surface area contributed by atoms with E-state index < -0.39 is 11.6 Å². The van der Waals surface area contributed by atoms with E-state index in [1.807, 2.05) is 24.3 Å². The van der Waals surface area contributed by atoms with E-state index >= 15 is 0 Å². The Morgan fingerprint density at radius 2 is 1.93 bits per heavy atom. The second-order valence-electron chi connectivity index (χ2n) is 7.23. The van der Waals surface area contributed by atoms with Gasteiger partial charge in [-0.2, -0.15) is 0 Å². The normalized spacial score (nSPS) is 21.3. The molecule has 1 unspecified atom stereocenters. The van der Waals surface area contributed by atoms with Gasteiger partial charge in [0.2, 0.25) is 0 Å². The lowest BCUT2D eigenvalue weighted by molar-refractivity contribution is -0.131. The Hall–Kier alpha value is -3.13. The van der Waals surface area contributed by atoms with Crippen LogP contribution in [0, 0.1) is 0 Å². The Labute approximate surface area is 171 Å². The quantitative estimate of drug-likeness (QED) is 0.671. The number of thiazole rings is 1. The fraction of sp³-hybridized carbons (Fsp3) is 0.286. The Bertz CT molecular complexity index is 1100. The molecule has 1 atom stereocenters. The molecule has 7 nitrogen and oxygen atoms in total. The van der Waals surface area contributed by atoms with Gasteiger partial charge in [0.25, 0.3) is 5.91 Å². The van der Waals surface area contributed by atoms with Crippen molar-refractivity contribution in [3.8, 4) is 11.5 Å². The number of para-hydroxylation sites is 1. The Morgan fingerprint density at radius 1 is 1.14 bits per heavy atom. The fourth-order valence-electron chi connectivity index (χ4n) is 3.63. The van der Waals surface area contributed by atoms with Crippen LogP contribution < -0.4 is 14.8 Å². The molecule has 148 valence electrons. The predicted octanol–water partition coefficient (Wildman–Crippen LogP) is 3.42. The Balaban J connectivity index is 1.44. The van der Waals surface area contributed by atoms with Gasteiger partial charge in [-0.1, -0.05) is 18.2 Å². The summed E-state index contributed by atoms with van der Waals surface area (Å²) in [5.74, 6) is 0.932. The smallest absolute Gasteiger partial charge is 0.325 e.